The second kappa shape index (κ2) is 9.20. The number of nitrogens with one attached hydrogen (secondary N) is 2. The Hall–Kier alpha value is -1.88. The van der Waals surface area contributed by atoms with Gasteiger partial charge in [-0.2, -0.15) is 5.10 Å². The summed E-state index contributed by atoms with van der Waals surface area (Å²) in [5, 5.41) is 8.00. The minimum Gasteiger partial charge on any atom is -0.496 e. The molecular weight excluding hydrogens is 294 g/mol. The van der Waals surface area contributed by atoms with Crippen LogP contribution >= 0.6 is 12.2 Å². The predicted molar refractivity (Wildman–Crippen MR) is 96.3 cm³/mol. The van der Waals surface area contributed by atoms with Gasteiger partial charge in [0.05, 0.1) is 7.11 Å². The maximum Gasteiger partial charge on any atom is 0.187 e. The molecule has 1 fully saturated rings. The molecule has 0 aliphatic heterocycles. The van der Waals surface area contributed by atoms with Gasteiger partial charge in [-0.1, -0.05) is 37.5 Å². The largest absolute Gasteiger partial charge is 0.496 e. The van der Waals surface area contributed by atoms with E-state index in [4.69, 9.17) is 17.0 Å². The Labute approximate surface area is 137 Å². The molecule has 5 heteroatoms. The van der Waals surface area contributed by atoms with E-state index >= 15 is 0 Å². The summed E-state index contributed by atoms with van der Waals surface area (Å²) in [6.45, 7) is 0. The zero-order valence-corrected chi connectivity index (χ0v) is 13.7. The first-order valence-electron chi connectivity index (χ1n) is 7.69. The average molecular weight is 317 g/mol. The van der Waals surface area contributed by atoms with Crippen molar-refractivity contribution in [3.8, 4) is 5.75 Å². The van der Waals surface area contributed by atoms with Crippen molar-refractivity contribution < 1.29 is 4.74 Å². The van der Waals surface area contributed by atoms with Crippen LogP contribution in [-0.4, -0.2) is 24.5 Å². The molecular formula is C17H23N3OS. The van der Waals surface area contributed by atoms with Crippen LogP contribution in [0.5, 0.6) is 5.75 Å². The Morgan fingerprint density at radius 1 is 1.27 bits per heavy atom. The highest BCUT2D eigenvalue weighted by molar-refractivity contribution is 7.80. The lowest BCUT2D eigenvalue weighted by molar-refractivity contribution is 0.412. The van der Waals surface area contributed by atoms with Gasteiger partial charge in [0.1, 0.15) is 5.75 Å². The molecule has 4 nitrogen and oxygen atoms in total. The van der Waals surface area contributed by atoms with Crippen molar-refractivity contribution in [2.45, 2.75) is 38.1 Å². The number of allylic oxidation sites excluding steroid dienone is 1. The molecule has 1 aliphatic carbocycles. The Bertz CT molecular complexity index is 536. The monoisotopic (exact) mass is 317 g/mol. The second-order valence-corrected chi connectivity index (χ2v) is 5.71. The van der Waals surface area contributed by atoms with Crippen LogP contribution in [0, 0.1) is 0 Å². The molecule has 0 unspecified atom stereocenters. The van der Waals surface area contributed by atoms with E-state index in [0.717, 1.165) is 11.3 Å². The van der Waals surface area contributed by atoms with Crippen molar-refractivity contribution >= 4 is 29.6 Å². The lowest BCUT2D eigenvalue weighted by Crippen LogP contribution is -2.40. The van der Waals surface area contributed by atoms with Gasteiger partial charge in [-0.25, -0.2) is 0 Å². The zero-order chi connectivity index (χ0) is 15.6. The highest BCUT2D eigenvalue weighted by atomic mass is 32.1. The van der Waals surface area contributed by atoms with Crippen molar-refractivity contribution in [1.82, 2.24) is 10.7 Å². The molecule has 0 atom stereocenters. The standard InChI is InChI=1S/C17H23N3OS/c1-21-16-12-6-5-8-14(16)9-7-13-18-20-17(22)19-15-10-3-2-4-11-15/h5-9,12-13,15H,2-4,10-11H2,1H3,(H2,19,20,22)/b9-7+,18-13+. The molecule has 2 N–H and O–H groups in total. The van der Waals surface area contributed by atoms with Gasteiger partial charge in [-0.05, 0) is 43.3 Å². The topological polar surface area (TPSA) is 45.6 Å². The van der Waals surface area contributed by atoms with Gasteiger partial charge in [0.15, 0.2) is 5.11 Å². The Morgan fingerprint density at radius 3 is 2.82 bits per heavy atom. The first kappa shape index (κ1) is 16.5. The van der Waals surface area contributed by atoms with Crippen molar-refractivity contribution in [2.24, 2.45) is 5.10 Å². The molecule has 1 aromatic carbocycles. The molecule has 2 rings (SSSR count). The third-order valence-corrected chi connectivity index (χ3v) is 3.89. The average Bonchev–Trinajstić information content (AvgIpc) is 2.56. The van der Waals surface area contributed by atoms with Crippen LogP contribution in [0.4, 0.5) is 0 Å². The number of methoxy groups -OCH3 is 1. The molecule has 0 spiro atoms. The third kappa shape index (κ3) is 5.48. The number of nitrogens with zero attached hydrogens (tertiary/aromatic N) is 1. The van der Waals surface area contributed by atoms with Gasteiger partial charge in [-0.3, -0.25) is 5.43 Å². The van der Waals surface area contributed by atoms with Gasteiger partial charge in [0.2, 0.25) is 0 Å². The third-order valence-electron chi connectivity index (χ3n) is 3.68. The minimum atomic E-state index is 0.494. The molecule has 1 saturated carbocycles. The lowest BCUT2D eigenvalue weighted by Gasteiger charge is -2.23. The smallest absolute Gasteiger partial charge is 0.187 e. The molecule has 0 amide bonds. The molecule has 0 saturated heterocycles. The van der Waals surface area contributed by atoms with Crippen LogP contribution in [0.3, 0.4) is 0 Å². The van der Waals surface area contributed by atoms with Gasteiger partial charge in [-0.15, -0.1) is 0 Å². The molecule has 1 aliphatic rings. The number of hydrazone groups is 1. The van der Waals surface area contributed by atoms with Crippen molar-refractivity contribution in [3.05, 3.63) is 35.9 Å². The summed E-state index contributed by atoms with van der Waals surface area (Å²) >= 11 is 5.24. The number of thiocarbonyl (C=S) groups is 1. The minimum absolute atomic E-state index is 0.494. The van der Waals surface area contributed by atoms with Crippen LogP contribution in [-0.2, 0) is 0 Å². The van der Waals surface area contributed by atoms with Crippen LogP contribution in [0.2, 0.25) is 0 Å². The zero-order valence-electron chi connectivity index (χ0n) is 12.9. The molecule has 0 bridgehead atoms. The van der Waals surface area contributed by atoms with E-state index < -0.39 is 0 Å². The summed E-state index contributed by atoms with van der Waals surface area (Å²) in [4.78, 5) is 0. The molecule has 0 heterocycles. The maximum atomic E-state index is 5.28. The van der Waals surface area contributed by atoms with Crippen molar-refractivity contribution in [1.29, 1.82) is 0 Å². The van der Waals surface area contributed by atoms with Gasteiger partial charge in [0.25, 0.3) is 0 Å². The summed E-state index contributed by atoms with van der Waals surface area (Å²) in [6, 6.07) is 8.33. The predicted octanol–water partition coefficient (Wildman–Crippen LogP) is 3.49. The Balaban J connectivity index is 1.75. The number of ether oxygens (including phenoxy) is 1. The van der Waals surface area contributed by atoms with E-state index in [1.165, 1.54) is 32.1 Å². The van der Waals surface area contributed by atoms with Crippen LogP contribution in [0.1, 0.15) is 37.7 Å². The highest BCUT2D eigenvalue weighted by Gasteiger charge is 2.13. The summed E-state index contributed by atoms with van der Waals surface area (Å²) in [6.07, 6.45) is 11.8. The first-order valence-corrected chi connectivity index (χ1v) is 8.09. The molecule has 0 radical (unpaired) electrons. The number of hydrogen-bond acceptors (Lipinski definition) is 3. The number of hydrogen-bond donors (Lipinski definition) is 2. The van der Waals surface area contributed by atoms with Gasteiger partial charge >= 0.3 is 0 Å². The van der Waals surface area contributed by atoms with E-state index in [2.05, 4.69) is 15.8 Å². The summed E-state index contributed by atoms with van der Waals surface area (Å²) in [5.74, 6) is 0.842. The number of benzene rings is 1. The van der Waals surface area contributed by atoms with Crippen LogP contribution < -0.4 is 15.5 Å². The Kier molecular flexibility index (Phi) is 6.90. The normalized spacial score (nSPS) is 16.0. The van der Waals surface area contributed by atoms with E-state index in [0.29, 0.717) is 11.2 Å². The first-order chi connectivity index (χ1) is 10.8. The van der Waals surface area contributed by atoms with Crippen LogP contribution in [0.15, 0.2) is 35.4 Å². The van der Waals surface area contributed by atoms with E-state index in [9.17, 15) is 0 Å². The SMILES string of the molecule is COc1ccccc1/C=C/C=N/NC(=S)NC1CCCCC1. The molecule has 118 valence electrons. The van der Waals surface area contributed by atoms with E-state index in [-0.39, 0.29) is 0 Å². The molecule has 1 aromatic rings. The van der Waals surface area contributed by atoms with Gasteiger partial charge in [0, 0.05) is 17.8 Å². The molecule has 22 heavy (non-hydrogen) atoms. The van der Waals surface area contributed by atoms with E-state index in [1.54, 1.807) is 13.3 Å². The highest BCUT2D eigenvalue weighted by Crippen LogP contribution is 2.18. The van der Waals surface area contributed by atoms with Crippen LogP contribution in [0.25, 0.3) is 6.08 Å². The summed E-state index contributed by atoms with van der Waals surface area (Å²) in [7, 11) is 1.66. The Morgan fingerprint density at radius 2 is 2.05 bits per heavy atom. The second-order valence-electron chi connectivity index (χ2n) is 5.30. The van der Waals surface area contributed by atoms with Crippen molar-refractivity contribution in [2.75, 3.05) is 7.11 Å². The fraction of sp³-hybridized carbons (Fsp3) is 0.412. The fourth-order valence-electron chi connectivity index (χ4n) is 2.55. The number of rotatable bonds is 5. The summed E-state index contributed by atoms with van der Waals surface area (Å²) in [5.41, 5.74) is 3.87. The van der Waals surface area contributed by atoms with E-state index in [1.807, 2.05) is 36.4 Å². The quantitative estimate of drug-likeness (QED) is 0.496. The summed E-state index contributed by atoms with van der Waals surface area (Å²) < 4.78 is 5.28. The lowest BCUT2D eigenvalue weighted by atomic mass is 9.96. The maximum absolute atomic E-state index is 5.28. The number of para-hydroxylation sites is 1. The fourth-order valence-corrected chi connectivity index (χ4v) is 2.77. The molecule has 0 aromatic heterocycles. The van der Waals surface area contributed by atoms with Gasteiger partial charge < -0.3 is 10.1 Å². The van der Waals surface area contributed by atoms with Crippen molar-refractivity contribution in [3.63, 3.8) is 0 Å².